The van der Waals surface area contributed by atoms with Gasteiger partial charge in [-0.2, -0.15) is 0 Å². The zero-order valence-electron chi connectivity index (χ0n) is 18.9. The Morgan fingerprint density at radius 2 is 1.94 bits per heavy atom. The smallest absolute Gasteiger partial charge is 0.261 e. The fraction of sp³-hybridized carbons (Fsp3) is 0.440. The standard InChI is InChI=1S/C25H27F2N3O3/c1-24(2)12-15(8-9-32-24)21-13-25(22(31)30(3)23(28)29-25)18-10-14(4-7-20(18)33-21)17-11-16(26)5-6-19(17)27/h4-7,10-11,15,21H,8-9,12-13H2,1-3H3,(H2,28,29). The zero-order chi connectivity index (χ0) is 23.5. The SMILES string of the molecule is CN1C(=O)C2(CC(C3CCOC(C)(C)C3)Oc3ccc(-c4cc(F)ccc4F)cc32)N=C1N. The summed E-state index contributed by atoms with van der Waals surface area (Å²) in [6.07, 6.45) is 1.66. The van der Waals surface area contributed by atoms with E-state index in [1.165, 1.54) is 4.90 Å². The van der Waals surface area contributed by atoms with Crippen LogP contribution in [0.3, 0.4) is 0 Å². The molecule has 2 aromatic rings. The van der Waals surface area contributed by atoms with Gasteiger partial charge in [0.2, 0.25) is 0 Å². The topological polar surface area (TPSA) is 77.2 Å². The molecule has 33 heavy (non-hydrogen) atoms. The third kappa shape index (κ3) is 3.57. The molecule has 3 atom stereocenters. The van der Waals surface area contributed by atoms with E-state index >= 15 is 0 Å². The minimum absolute atomic E-state index is 0.108. The summed E-state index contributed by atoms with van der Waals surface area (Å²) in [5.74, 6) is -0.539. The van der Waals surface area contributed by atoms with Gasteiger partial charge in [0.15, 0.2) is 11.5 Å². The van der Waals surface area contributed by atoms with Gasteiger partial charge in [-0.1, -0.05) is 6.07 Å². The first kappa shape index (κ1) is 21.8. The van der Waals surface area contributed by atoms with Gasteiger partial charge in [-0.05, 0) is 62.6 Å². The highest BCUT2D eigenvalue weighted by Gasteiger charge is 2.55. The fourth-order valence-corrected chi connectivity index (χ4v) is 5.32. The van der Waals surface area contributed by atoms with Crippen molar-refractivity contribution < 1.29 is 23.0 Å². The first-order valence-electron chi connectivity index (χ1n) is 11.1. The molecule has 0 saturated carbocycles. The summed E-state index contributed by atoms with van der Waals surface area (Å²) in [6, 6.07) is 8.36. The van der Waals surface area contributed by atoms with Crippen molar-refractivity contribution in [3.8, 4) is 16.9 Å². The summed E-state index contributed by atoms with van der Waals surface area (Å²) in [7, 11) is 1.59. The summed E-state index contributed by atoms with van der Waals surface area (Å²) >= 11 is 0. The number of nitrogens with zero attached hydrogens (tertiary/aromatic N) is 2. The molecule has 2 N–H and O–H groups in total. The van der Waals surface area contributed by atoms with E-state index in [0.29, 0.717) is 29.9 Å². The maximum absolute atomic E-state index is 14.5. The van der Waals surface area contributed by atoms with Crippen LogP contribution in [0.25, 0.3) is 11.1 Å². The minimum atomic E-state index is -1.26. The summed E-state index contributed by atoms with van der Waals surface area (Å²) in [6.45, 7) is 4.72. The number of amides is 1. The Morgan fingerprint density at radius 1 is 1.15 bits per heavy atom. The lowest BCUT2D eigenvalue weighted by atomic mass is 9.74. The van der Waals surface area contributed by atoms with Crippen LogP contribution in [-0.2, 0) is 15.1 Å². The number of nitrogens with two attached hydrogens (primary N) is 1. The first-order chi connectivity index (χ1) is 15.6. The van der Waals surface area contributed by atoms with Gasteiger partial charge < -0.3 is 15.2 Å². The Morgan fingerprint density at radius 3 is 2.64 bits per heavy atom. The molecule has 3 unspecified atom stereocenters. The summed E-state index contributed by atoms with van der Waals surface area (Å²) < 4.78 is 40.6. The van der Waals surface area contributed by atoms with Crippen LogP contribution in [0.1, 0.15) is 38.7 Å². The molecule has 6 nitrogen and oxygen atoms in total. The lowest BCUT2D eigenvalue weighted by Gasteiger charge is -2.44. The molecular weight excluding hydrogens is 428 g/mol. The number of guanidine groups is 1. The van der Waals surface area contributed by atoms with E-state index in [0.717, 1.165) is 31.0 Å². The van der Waals surface area contributed by atoms with Gasteiger partial charge in [0.05, 0.1) is 5.60 Å². The van der Waals surface area contributed by atoms with E-state index in [1.807, 2.05) is 0 Å². The second-order valence-corrected chi connectivity index (χ2v) is 9.75. The first-order valence-corrected chi connectivity index (χ1v) is 11.1. The lowest BCUT2D eigenvalue weighted by molar-refractivity contribution is -0.134. The van der Waals surface area contributed by atoms with E-state index in [9.17, 15) is 13.6 Å². The predicted octanol–water partition coefficient (Wildman–Crippen LogP) is 3.97. The van der Waals surface area contributed by atoms with Crippen LogP contribution >= 0.6 is 0 Å². The number of likely N-dealkylation sites (N-methyl/N-ethyl adjacent to an activating group) is 1. The molecule has 0 aromatic heterocycles. The van der Waals surface area contributed by atoms with Crippen molar-refractivity contribution >= 4 is 11.9 Å². The van der Waals surface area contributed by atoms with Gasteiger partial charge in [-0.3, -0.25) is 9.69 Å². The Bertz CT molecular complexity index is 1170. The number of halogens is 2. The number of ether oxygens (including phenoxy) is 2. The molecule has 0 aliphatic carbocycles. The van der Waals surface area contributed by atoms with Gasteiger partial charge >= 0.3 is 0 Å². The highest BCUT2D eigenvalue weighted by atomic mass is 19.1. The van der Waals surface area contributed by atoms with Crippen molar-refractivity contribution in [2.75, 3.05) is 13.7 Å². The van der Waals surface area contributed by atoms with Gasteiger partial charge in [-0.25, -0.2) is 13.8 Å². The fourth-order valence-electron chi connectivity index (χ4n) is 5.32. The predicted molar refractivity (Wildman–Crippen MR) is 120 cm³/mol. The number of benzene rings is 2. The number of fused-ring (bicyclic) bond motifs is 2. The van der Waals surface area contributed by atoms with Crippen LogP contribution in [0.2, 0.25) is 0 Å². The van der Waals surface area contributed by atoms with Crippen LogP contribution in [-0.4, -0.2) is 42.1 Å². The normalized spacial score (nSPS) is 28.5. The molecule has 1 fully saturated rings. The number of hydrogen-bond acceptors (Lipinski definition) is 5. The van der Waals surface area contributed by atoms with Crippen molar-refractivity contribution in [3.63, 3.8) is 0 Å². The second-order valence-electron chi connectivity index (χ2n) is 9.75. The van der Waals surface area contributed by atoms with Crippen molar-refractivity contribution in [3.05, 3.63) is 53.6 Å². The van der Waals surface area contributed by atoms with E-state index in [1.54, 1.807) is 25.2 Å². The summed E-state index contributed by atoms with van der Waals surface area (Å²) in [4.78, 5) is 19.5. The molecule has 1 amide bonds. The van der Waals surface area contributed by atoms with E-state index in [4.69, 9.17) is 15.2 Å². The lowest BCUT2D eigenvalue weighted by Crippen LogP contribution is -2.49. The van der Waals surface area contributed by atoms with Crippen LogP contribution in [0.4, 0.5) is 8.78 Å². The van der Waals surface area contributed by atoms with Crippen molar-refractivity contribution in [1.29, 1.82) is 0 Å². The largest absolute Gasteiger partial charge is 0.490 e. The van der Waals surface area contributed by atoms with E-state index in [2.05, 4.69) is 18.8 Å². The maximum Gasteiger partial charge on any atom is 0.261 e. The molecule has 3 aliphatic rings. The number of hydrogen-bond donors (Lipinski definition) is 1. The molecule has 2 aromatic carbocycles. The maximum atomic E-state index is 14.5. The highest BCUT2D eigenvalue weighted by molar-refractivity contribution is 6.07. The molecule has 1 saturated heterocycles. The number of rotatable bonds is 2. The second kappa shape index (κ2) is 7.52. The monoisotopic (exact) mass is 455 g/mol. The third-order valence-corrected chi connectivity index (χ3v) is 7.01. The van der Waals surface area contributed by atoms with Gasteiger partial charge in [0.1, 0.15) is 23.5 Å². The molecule has 0 radical (unpaired) electrons. The van der Waals surface area contributed by atoms with Crippen LogP contribution in [0.5, 0.6) is 5.75 Å². The third-order valence-electron chi connectivity index (χ3n) is 7.01. The van der Waals surface area contributed by atoms with E-state index < -0.39 is 17.2 Å². The Labute approximate surface area is 191 Å². The molecule has 0 bridgehead atoms. The van der Waals surface area contributed by atoms with Crippen LogP contribution in [0.15, 0.2) is 41.4 Å². The quantitative estimate of drug-likeness (QED) is 0.744. The van der Waals surface area contributed by atoms with Gasteiger partial charge in [0.25, 0.3) is 5.91 Å². The summed E-state index contributed by atoms with van der Waals surface area (Å²) in [5.41, 5.74) is 5.60. The Balaban J connectivity index is 1.62. The molecular formula is C25H27F2N3O3. The number of carbonyl (C=O) groups excluding carboxylic acids is 1. The molecule has 174 valence electrons. The molecule has 1 spiro atoms. The minimum Gasteiger partial charge on any atom is -0.490 e. The van der Waals surface area contributed by atoms with Crippen molar-refractivity contribution in [1.82, 2.24) is 4.90 Å². The van der Waals surface area contributed by atoms with Gasteiger partial charge in [0, 0.05) is 37.1 Å². The van der Waals surface area contributed by atoms with Crippen LogP contribution in [0, 0.1) is 17.6 Å². The van der Waals surface area contributed by atoms with E-state index in [-0.39, 0.29) is 35.1 Å². The van der Waals surface area contributed by atoms with Crippen LogP contribution < -0.4 is 10.5 Å². The van der Waals surface area contributed by atoms with Gasteiger partial charge in [-0.15, -0.1) is 0 Å². The zero-order valence-corrected chi connectivity index (χ0v) is 18.9. The van der Waals surface area contributed by atoms with Crippen molar-refractivity contribution in [2.24, 2.45) is 16.6 Å². The molecule has 3 heterocycles. The number of carbonyl (C=O) groups is 1. The Kier molecular flexibility index (Phi) is 4.97. The van der Waals surface area contributed by atoms with Crippen molar-refractivity contribution in [2.45, 2.75) is 50.4 Å². The Hall–Kier alpha value is -3.00. The average Bonchev–Trinajstić information content (AvgIpc) is 2.98. The molecule has 8 heteroatoms. The molecule has 3 aliphatic heterocycles. The molecule has 5 rings (SSSR count). The summed E-state index contributed by atoms with van der Waals surface area (Å²) in [5, 5.41) is 0. The average molecular weight is 456 g/mol. The number of aliphatic imine (C=N–C) groups is 1. The highest BCUT2D eigenvalue weighted by Crippen LogP contribution is 2.50.